The van der Waals surface area contributed by atoms with Crippen LogP contribution in [0.25, 0.3) is 0 Å². The lowest BCUT2D eigenvalue weighted by Gasteiger charge is -2.04. The van der Waals surface area contributed by atoms with Crippen LogP contribution in [-0.4, -0.2) is 23.3 Å². The highest BCUT2D eigenvalue weighted by molar-refractivity contribution is 8.76. The molecule has 0 aliphatic carbocycles. The number of amides is 2. The topological polar surface area (TPSA) is 58.2 Å². The van der Waals surface area contributed by atoms with Crippen LogP contribution in [-0.2, 0) is 9.59 Å². The van der Waals surface area contributed by atoms with E-state index >= 15 is 0 Å². The summed E-state index contributed by atoms with van der Waals surface area (Å²) in [5.41, 5.74) is 0. The highest BCUT2D eigenvalue weighted by Gasteiger charge is 2.13. The van der Waals surface area contributed by atoms with Crippen molar-refractivity contribution in [1.82, 2.24) is 9.44 Å². The van der Waals surface area contributed by atoms with Crippen molar-refractivity contribution in [2.45, 2.75) is 65.2 Å². The molecule has 2 N–H and O–H groups in total. The Labute approximate surface area is 150 Å². The first-order valence-corrected chi connectivity index (χ1v) is 12.5. The first-order valence-electron chi connectivity index (χ1n) is 7.89. The summed E-state index contributed by atoms with van der Waals surface area (Å²) in [4.78, 5) is 23.0. The second-order valence-corrected chi connectivity index (χ2v) is 9.24. The molecule has 22 heavy (non-hydrogen) atoms. The summed E-state index contributed by atoms with van der Waals surface area (Å²) < 4.78 is 5.10. The smallest absolute Gasteiger partial charge is 0.283 e. The van der Waals surface area contributed by atoms with E-state index in [4.69, 9.17) is 0 Å². The van der Waals surface area contributed by atoms with E-state index in [2.05, 4.69) is 23.3 Å². The molecule has 0 saturated carbocycles. The lowest BCUT2D eigenvalue weighted by atomic mass is 10.2. The second-order valence-electron chi connectivity index (χ2n) is 4.79. The molecule has 0 aliphatic heterocycles. The Morgan fingerprint density at radius 2 is 1.09 bits per heavy atom. The van der Waals surface area contributed by atoms with Gasteiger partial charge in [0.2, 0.25) is 0 Å². The van der Waals surface area contributed by atoms with Gasteiger partial charge in [0.1, 0.15) is 0 Å². The van der Waals surface area contributed by atoms with Crippen molar-refractivity contribution in [2.75, 3.05) is 11.5 Å². The van der Waals surface area contributed by atoms with Crippen LogP contribution in [0.3, 0.4) is 0 Å². The van der Waals surface area contributed by atoms with E-state index in [9.17, 15) is 9.59 Å². The zero-order valence-corrected chi connectivity index (χ0v) is 16.8. The molecule has 0 atom stereocenters. The molecule has 0 aromatic heterocycles. The number of nitrogens with one attached hydrogen (secondary N) is 2. The summed E-state index contributed by atoms with van der Waals surface area (Å²) in [5, 5.41) is 0. The minimum absolute atomic E-state index is 0.579. The normalized spacial score (nSPS) is 10.5. The standard InChI is InChI=1S/C14H28N2O2S4/c1-3-5-7-9-11-19-21-15-13(17)14(18)16-22-20-12-10-8-6-4-2/h3-12H2,1-2H3,(H,15,17)(H,16,18). The number of carbonyl (C=O) groups is 2. The molecule has 0 fully saturated rings. The lowest BCUT2D eigenvalue weighted by molar-refractivity contribution is -0.136. The van der Waals surface area contributed by atoms with Gasteiger partial charge in [-0.05, 0) is 12.8 Å². The van der Waals surface area contributed by atoms with E-state index < -0.39 is 11.8 Å². The number of hydrogen-bond acceptors (Lipinski definition) is 6. The van der Waals surface area contributed by atoms with Gasteiger partial charge in [-0.3, -0.25) is 19.0 Å². The van der Waals surface area contributed by atoms with Gasteiger partial charge in [0.05, 0.1) is 0 Å². The fourth-order valence-electron chi connectivity index (χ4n) is 1.49. The molecule has 4 nitrogen and oxygen atoms in total. The molecule has 8 heteroatoms. The van der Waals surface area contributed by atoms with Crippen molar-refractivity contribution in [3.05, 3.63) is 0 Å². The number of unbranched alkanes of at least 4 members (excludes halogenated alkanes) is 6. The fourth-order valence-corrected chi connectivity index (χ4v) is 4.77. The van der Waals surface area contributed by atoms with Gasteiger partial charge in [-0.15, -0.1) is 0 Å². The predicted octanol–water partition coefficient (Wildman–Crippen LogP) is 4.97. The van der Waals surface area contributed by atoms with Gasteiger partial charge in [0.25, 0.3) is 0 Å². The van der Waals surface area contributed by atoms with E-state index in [0.29, 0.717) is 0 Å². The third-order valence-electron chi connectivity index (χ3n) is 2.76. The average Bonchev–Trinajstić information content (AvgIpc) is 2.52. The summed E-state index contributed by atoms with van der Waals surface area (Å²) in [5.74, 6) is 0.833. The number of hydrogen-bond donors (Lipinski definition) is 2. The summed E-state index contributed by atoms with van der Waals surface area (Å²) in [6.07, 6.45) is 9.72. The van der Waals surface area contributed by atoms with E-state index in [-0.39, 0.29) is 0 Å². The molecule has 0 bridgehead atoms. The number of rotatable bonds is 14. The molecule has 0 radical (unpaired) electrons. The SMILES string of the molecule is CCCCCCSSNC(=O)C(=O)NSSCCCCCC. The second kappa shape index (κ2) is 17.7. The molecule has 0 rings (SSSR count). The minimum Gasteiger partial charge on any atom is -0.283 e. The molecule has 0 heterocycles. The van der Waals surface area contributed by atoms with Crippen LogP contribution in [0.1, 0.15) is 65.2 Å². The van der Waals surface area contributed by atoms with Crippen molar-refractivity contribution < 1.29 is 9.59 Å². The van der Waals surface area contributed by atoms with Gasteiger partial charge in [0, 0.05) is 33.5 Å². The molecule has 0 unspecified atom stereocenters. The van der Waals surface area contributed by atoms with Crippen LogP contribution >= 0.6 is 43.5 Å². The maximum Gasteiger partial charge on any atom is 0.320 e. The molecular formula is C14H28N2O2S4. The summed E-state index contributed by atoms with van der Waals surface area (Å²) in [6.45, 7) is 4.37. The van der Waals surface area contributed by atoms with Crippen LogP contribution in [0.4, 0.5) is 0 Å². The molecule has 0 aromatic rings. The molecule has 0 aliphatic rings. The maximum atomic E-state index is 11.5. The zero-order valence-electron chi connectivity index (χ0n) is 13.5. The van der Waals surface area contributed by atoms with E-state index in [1.807, 2.05) is 0 Å². The summed E-state index contributed by atoms with van der Waals surface area (Å²) in [6, 6.07) is 0. The summed E-state index contributed by atoms with van der Waals surface area (Å²) >= 11 is 0. The van der Waals surface area contributed by atoms with Gasteiger partial charge in [-0.2, -0.15) is 0 Å². The highest BCUT2D eigenvalue weighted by atomic mass is 33.1. The Bertz CT molecular complexity index is 266. The predicted molar refractivity (Wildman–Crippen MR) is 105 cm³/mol. The number of carbonyl (C=O) groups excluding carboxylic acids is 2. The van der Waals surface area contributed by atoms with Gasteiger partial charge in [0.15, 0.2) is 0 Å². The quantitative estimate of drug-likeness (QED) is 0.191. The van der Waals surface area contributed by atoms with Gasteiger partial charge in [-0.25, -0.2) is 0 Å². The van der Waals surface area contributed by atoms with Crippen molar-refractivity contribution in [3.63, 3.8) is 0 Å². The monoisotopic (exact) mass is 384 g/mol. The molecular weight excluding hydrogens is 356 g/mol. The van der Waals surface area contributed by atoms with Crippen LogP contribution < -0.4 is 9.44 Å². The Hall–Kier alpha value is 0.340. The lowest BCUT2D eigenvalue weighted by Crippen LogP contribution is -2.32. The first-order chi connectivity index (χ1) is 10.7. The van der Waals surface area contributed by atoms with E-state index in [1.54, 1.807) is 21.6 Å². The Morgan fingerprint density at radius 3 is 1.45 bits per heavy atom. The zero-order chi connectivity index (χ0) is 16.5. The third kappa shape index (κ3) is 15.2. The van der Waals surface area contributed by atoms with Crippen LogP contribution in [0, 0.1) is 0 Å². The minimum atomic E-state index is -0.579. The molecule has 0 spiro atoms. The van der Waals surface area contributed by atoms with Crippen molar-refractivity contribution in [1.29, 1.82) is 0 Å². The summed E-state index contributed by atoms with van der Waals surface area (Å²) in [7, 11) is 5.64. The Kier molecular flexibility index (Phi) is 18.0. The van der Waals surface area contributed by atoms with Crippen molar-refractivity contribution in [3.8, 4) is 0 Å². The molecule has 0 saturated heterocycles. The van der Waals surface area contributed by atoms with Crippen LogP contribution in [0.2, 0.25) is 0 Å². The fraction of sp³-hybridized carbons (Fsp3) is 0.857. The first kappa shape index (κ1) is 22.3. The average molecular weight is 385 g/mol. The van der Waals surface area contributed by atoms with Crippen molar-refractivity contribution in [2.24, 2.45) is 0 Å². The van der Waals surface area contributed by atoms with Crippen LogP contribution in [0.5, 0.6) is 0 Å². The van der Waals surface area contributed by atoms with E-state index in [0.717, 1.165) is 24.3 Å². The maximum absolute atomic E-state index is 11.5. The van der Waals surface area contributed by atoms with E-state index in [1.165, 1.54) is 60.5 Å². The third-order valence-corrected chi connectivity index (χ3v) is 6.65. The molecule has 130 valence electrons. The van der Waals surface area contributed by atoms with Gasteiger partial charge >= 0.3 is 11.8 Å². The Balaban J connectivity index is 3.38. The van der Waals surface area contributed by atoms with Gasteiger partial charge in [-0.1, -0.05) is 74.0 Å². The molecule has 0 aromatic carbocycles. The highest BCUT2D eigenvalue weighted by Crippen LogP contribution is 2.21. The van der Waals surface area contributed by atoms with Crippen molar-refractivity contribution >= 4 is 55.4 Å². The Morgan fingerprint density at radius 1 is 0.682 bits per heavy atom. The molecule has 2 amide bonds. The van der Waals surface area contributed by atoms with Crippen LogP contribution in [0.15, 0.2) is 0 Å². The largest absolute Gasteiger partial charge is 0.320 e. The van der Waals surface area contributed by atoms with Gasteiger partial charge < -0.3 is 0 Å².